The number of rotatable bonds is 4. The van der Waals surface area contributed by atoms with Crippen molar-refractivity contribution < 1.29 is 9.84 Å². The fourth-order valence-electron chi connectivity index (χ4n) is 1.95. The molecule has 1 fully saturated rings. The minimum Gasteiger partial charge on any atom is -0.386 e. The topological polar surface area (TPSA) is 41.5 Å². The first-order valence-corrected chi connectivity index (χ1v) is 6.96. The molecule has 1 aromatic rings. The van der Waals surface area contributed by atoms with E-state index in [9.17, 15) is 5.11 Å². The second kappa shape index (κ2) is 5.65. The molecule has 94 valence electrons. The molecule has 1 heterocycles. The van der Waals surface area contributed by atoms with Gasteiger partial charge in [-0.05, 0) is 47.2 Å². The van der Waals surface area contributed by atoms with Crippen LogP contribution in [0.3, 0.4) is 0 Å². The van der Waals surface area contributed by atoms with E-state index in [1.807, 2.05) is 0 Å². The van der Waals surface area contributed by atoms with Crippen molar-refractivity contribution in [3.63, 3.8) is 0 Å². The van der Waals surface area contributed by atoms with Gasteiger partial charge in [0.1, 0.15) is 5.60 Å². The molecule has 2 atom stereocenters. The highest BCUT2D eigenvalue weighted by Crippen LogP contribution is 2.20. The van der Waals surface area contributed by atoms with Crippen LogP contribution in [0.5, 0.6) is 0 Å². The van der Waals surface area contributed by atoms with E-state index in [4.69, 9.17) is 4.74 Å². The molecule has 4 heteroatoms. The summed E-state index contributed by atoms with van der Waals surface area (Å²) < 4.78 is 6.46. The standard InChI is InChI=1S/C13H18INO2/c1-10(11-2-4-12(14)5-3-11)15-8-13(16)6-7-17-9-13/h2-5,10,15-16H,6-9H2,1H3. The van der Waals surface area contributed by atoms with Gasteiger partial charge in [-0.2, -0.15) is 0 Å². The van der Waals surface area contributed by atoms with E-state index in [2.05, 4.69) is 59.1 Å². The summed E-state index contributed by atoms with van der Waals surface area (Å²) in [7, 11) is 0. The fourth-order valence-corrected chi connectivity index (χ4v) is 2.31. The molecular formula is C13H18INO2. The van der Waals surface area contributed by atoms with Crippen molar-refractivity contribution in [1.82, 2.24) is 5.32 Å². The van der Waals surface area contributed by atoms with Crippen LogP contribution in [0, 0.1) is 3.57 Å². The van der Waals surface area contributed by atoms with Crippen molar-refractivity contribution in [3.05, 3.63) is 33.4 Å². The number of aliphatic hydroxyl groups is 1. The van der Waals surface area contributed by atoms with Crippen LogP contribution in [-0.2, 0) is 4.74 Å². The van der Waals surface area contributed by atoms with E-state index in [0.29, 0.717) is 19.8 Å². The molecule has 1 aliphatic heterocycles. The number of halogens is 1. The number of hydrogen-bond donors (Lipinski definition) is 2. The molecule has 0 bridgehead atoms. The average molecular weight is 347 g/mol. The lowest BCUT2D eigenvalue weighted by Gasteiger charge is -2.24. The summed E-state index contributed by atoms with van der Waals surface area (Å²) in [5.74, 6) is 0. The van der Waals surface area contributed by atoms with Gasteiger partial charge in [-0.25, -0.2) is 0 Å². The number of ether oxygens (including phenoxy) is 1. The molecule has 1 aliphatic rings. The van der Waals surface area contributed by atoms with Gasteiger partial charge < -0.3 is 15.2 Å². The second-order valence-electron chi connectivity index (χ2n) is 4.68. The van der Waals surface area contributed by atoms with E-state index in [0.717, 1.165) is 6.42 Å². The molecule has 0 radical (unpaired) electrons. The Morgan fingerprint density at radius 2 is 2.18 bits per heavy atom. The Kier molecular flexibility index (Phi) is 4.41. The zero-order chi connectivity index (χ0) is 12.3. The summed E-state index contributed by atoms with van der Waals surface area (Å²) in [5.41, 5.74) is 0.560. The van der Waals surface area contributed by atoms with Crippen molar-refractivity contribution in [1.29, 1.82) is 0 Å². The van der Waals surface area contributed by atoms with Crippen molar-refractivity contribution in [3.8, 4) is 0 Å². The van der Waals surface area contributed by atoms with Crippen LogP contribution in [0.25, 0.3) is 0 Å². The Morgan fingerprint density at radius 1 is 1.47 bits per heavy atom. The first kappa shape index (κ1) is 13.3. The Balaban J connectivity index is 1.88. The van der Waals surface area contributed by atoms with Crippen LogP contribution in [0.1, 0.15) is 24.9 Å². The maximum absolute atomic E-state index is 10.1. The minimum atomic E-state index is -0.683. The van der Waals surface area contributed by atoms with E-state index in [1.165, 1.54) is 9.13 Å². The van der Waals surface area contributed by atoms with Gasteiger partial charge >= 0.3 is 0 Å². The maximum Gasteiger partial charge on any atom is 0.103 e. The molecule has 17 heavy (non-hydrogen) atoms. The molecule has 1 saturated heterocycles. The highest BCUT2D eigenvalue weighted by Gasteiger charge is 2.32. The van der Waals surface area contributed by atoms with Crippen molar-refractivity contribution in [2.45, 2.75) is 25.0 Å². The number of benzene rings is 1. The largest absolute Gasteiger partial charge is 0.386 e. The van der Waals surface area contributed by atoms with Crippen molar-refractivity contribution >= 4 is 22.6 Å². The molecule has 0 amide bonds. The second-order valence-corrected chi connectivity index (χ2v) is 5.93. The van der Waals surface area contributed by atoms with Crippen LogP contribution in [0.4, 0.5) is 0 Å². The maximum atomic E-state index is 10.1. The summed E-state index contributed by atoms with van der Waals surface area (Å²) in [6, 6.07) is 8.68. The van der Waals surface area contributed by atoms with Gasteiger partial charge in [-0.3, -0.25) is 0 Å². The summed E-state index contributed by atoms with van der Waals surface area (Å²) in [5, 5.41) is 13.5. The van der Waals surface area contributed by atoms with E-state index >= 15 is 0 Å². The van der Waals surface area contributed by atoms with E-state index in [-0.39, 0.29) is 6.04 Å². The predicted octanol–water partition coefficient (Wildman–Crippen LogP) is 2.09. The minimum absolute atomic E-state index is 0.247. The molecule has 0 aromatic heterocycles. The van der Waals surface area contributed by atoms with Gasteiger partial charge in [-0.1, -0.05) is 12.1 Å². The molecule has 0 saturated carbocycles. The average Bonchev–Trinajstić information content (AvgIpc) is 2.75. The smallest absolute Gasteiger partial charge is 0.103 e. The third-order valence-electron chi connectivity index (χ3n) is 3.19. The molecule has 0 aliphatic carbocycles. The zero-order valence-corrected chi connectivity index (χ0v) is 12.1. The third-order valence-corrected chi connectivity index (χ3v) is 3.91. The van der Waals surface area contributed by atoms with Gasteiger partial charge in [0, 0.05) is 29.2 Å². The highest BCUT2D eigenvalue weighted by atomic mass is 127. The van der Waals surface area contributed by atoms with Crippen molar-refractivity contribution in [2.75, 3.05) is 19.8 Å². The van der Waals surface area contributed by atoms with Crippen LogP contribution >= 0.6 is 22.6 Å². The zero-order valence-electron chi connectivity index (χ0n) is 9.95. The SMILES string of the molecule is CC(NCC1(O)CCOC1)c1ccc(I)cc1. The van der Waals surface area contributed by atoms with Gasteiger partial charge in [0.2, 0.25) is 0 Å². The lowest BCUT2D eigenvalue weighted by atomic mass is 10.0. The van der Waals surface area contributed by atoms with Gasteiger partial charge in [-0.15, -0.1) is 0 Å². The lowest BCUT2D eigenvalue weighted by molar-refractivity contribution is 0.0252. The van der Waals surface area contributed by atoms with E-state index in [1.54, 1.807) is 0 Å². The first-order valence-electron chi connectivity index (χ1n) is 5.88. The quantitative estimate of drug-likeness (QED) is 0.820. The summed E-state index contributed by atoms with van der Waals surface area (Å²) >= 11 is 2.30. The monoisotopic (exact) mass is 347 g/mol. The highest BCUT2D eigenvalue weighted by molar-refractivity contribution is 14.1. The Labute approximate surface area is 116 Å². The Morgan fingerprint density at radius 3 is 2.76 bits per heavy atom. The molecule has 2 N–H and O–H groups in total. The van der Waals surface area contributed by atoms with Crippen LogP contribution in [0.2, 0.25) is 0 Å². The van der Waals surface area contributed by atoms with Gasteiger partial charge in [0.15, 0.2) is 0 Å². The van der Waals surface area contributed by atoms with Crippen LogP contribution in [0.15, 0.2) is 24.3 Å². The fraction of sp³-hybridized carbons (Fsp3) is 0.538. The Bertz CT molecular complexity index is 360. The van der Waals surface area contributed by atoms with Crippen molar-refractivity contribution in [2.24, 2.45) is 0 Å². The van der Waals surface area contributed by atoms with E-state index < -0.39 is 5.60 Å². The van der Waals surface area contributed by atoms with Crippen LogP contribution in [-0.4, -0.2) is 30.5 Å². The van der Waals surface area contributed by atoms with Gasteiger partial charge in [0.05, 0.1) is 6.61 Å². The molecule has 3 nitrogen and oxygen atoms in total. The predicted molar refractivity (Wildman–Crippen MR) is 76.0 cm³/mol. The summed E-state index contributed by atoms with van der Waals surface area (Å²) in [4.78, 5) is 0. The summed E-state index contributed by atoms with van der Waals surface area (Å²) in [6.07, 6.45) is 0.722. The lowest BCUT2D eigenvalue weighted by Crippen LogP contribution is -2.41. The molecule has 2 unspecified atom stereocenters. The normalized spacial score (nSPS) is 26.1. The number of nitrogens with one attached hydrogen (secondary N) is 1. The Hall–Kier alpha value is -0.170. The first-order chi connectivity index (χ1) is 8.09. The molecule has 0 spiro atoms. The number of hydrogen-bond acceptors (Lipinski definition) is 3. The molecule has 2 rings (SSSR count). The summed E-state index contributed by atoms with van der Waals surface area (Å²) in [6.45, 7) is 3.80. The molecule has 1 aromatic carbocycles. The van der Waals surface area contributed by atoms with Crippen LogP contribution < -0.4 is 5.32 Å². The molecular weight excluding hydrogens is 329 g/mol. The third kappa shape index (κ3) is 3.64. The van der Waals surface area contributed by atoms with Gasteiger partial charge in [0.25, 0.3) is 0 Å².